The maximum absolute atomic E-state index is 12.6. The molecule has 1 saturated heterocycles. The number of anilines is 1. The molecule has 1 saturated carbocycles. The molecule has 2 aliphatic rings. The Morgan fingerprint density at radius 3 is 2.75 bits per heavy atom. The van der Waals surface area contributed by atoms with Crippen molar-refractivity contribution in [3.8, 4) is 0 Å². The maximum Gasteiger partial charge on any atom is 0.322 e. The molecule has 24 heavy (non-hydrogen) atoms. The smallest absolute Gasteiger partial charge is 0.322 e. The number of urea groups is 1. The Balaban J connectivity index is 0.00000208. The average molecular weight is 353 g/mol. The van der Waals surface area contributed by atoms with Gasteiger partial charge in [0.1, 0.15) is 0 Å². The van der Waals surface area contributed by atoms with Crippen molar-refractivity contribution in [2.24, 2.45) is 5.73 Å². The lowest BCUT2D eigenvalue weighted by Crippen LogP contribution is -2.49. The van der Waals surface area contributed by atoms with Gasteiger partial charge >= 0.3 is 6.03 Å². The lowest BCUT2D eigenvalue weighted by Gasteiger charge is -2.29. The molecule has 1 aromatic carbocycles. The van der Waals surface area contributed by atoms with Crippen molar-refractivity contribution in [2.75, 3.05) is 18.0 Å². The molecule has 0 aromatic heterocycles. The second-order valence-electron chi connectivity index (χ2n) is 6.36. The highest BCUT2D eigenvalue weighted by molar-refractivity contribution is 6.00. The highest BCUT2D eigenvalue weighted by Crippen LogP contribution is 2.25. The van der Waals surface area contributed by atoms with E-state index in [1.54, 1.807) is 11.0 Å². The first-order valence-electron chi connectivity index (χ1n) is 8.29. The zero-order chi connectivity index (χ0) is 16.4. The van der Waals surface area contributed by atoms with E-state index in [0.29, 0.717) is 18.7 Å². The number of amides is 3. The minimum Gasteiger partial charge on any atom is -0.348 e. The van der Waals surface area contributed by atoms with Gasteiger partial charge < -0.3 is 16.4 Å². The lowest BCUT2D eigenvalue weighted by molar-refractivity contribution is 0.0920. The summed E-state index contributed by atoms with van der Waals surface area (Å²) in [6.45, 7) is 3.14. The molecular weight excluding hydrogens is 328 g/mol. The van der Waals surface area contributed by atoms with E-state index in [2.05, 4.69) is 10.6 Å². The van der Waals surface area contributed by atoms with Crippen molar-refractivity contribution in [1.29, 1.82) is 0 Å². The summed E-state index contributed by atoms with van der Waals surface area (Å²) < 4.78 is 0. The molecule has 1 aromatic rings. The predicted octanol–water partition coefficient (Wildman–Crippen LogP) is 1.95. The minimum absolute atomic E-state index is 0. The molecule has 2 atom stereocenters. The molecule has 1 aliphatic carbocycles. The number of nitrogens with zero attached hydrogens (tertiary/aromatic N) is 1. The van der Waals surface area contributed by atoms with E-state index in [4.69, 9.17) is 5.73 Å². The molecule has 2 fully saturated rings. The van der Waals surface area contributed by atoms with Crippen molar-refractivity contribution >= 4 is 30.0 Å². The van der Waals surface area contributed by atoms with Gasteiger partial charge in [0.05, 0.1) is 0 Å². The number of nitrogens with two attached hydrogens (primary N) is 1. The van der Waals surface area contributed by atoms with Crippen molar-refractivity contribution in [3.05, 3.63) is 29.3 Å². The van der Waals surface area contributed by atoms with Crippen LogP contribution < -0.4 is 21.3 Å². The Kier molecular flexibility index (Phi) is 6.07. The number of hydrogen-bond donors (Lipinski definition) is 3. The predicted molar refractivity (Wildman–Crippen MR) is 96.9 cm³/mol. The van der Waals surface area contributed by atoms with E-state index in [0.717, 1.165) is 36.9 Å². The number of rotatable bonds is 3. The minimum atomic E-state index is -0.111. The molecular formula is C17H25ClN4O2. The first-order valence-corrected chi connectivity index (χ1v) is 8.29. The van der Waals surface area contributed by atoms with Crippen molar-refractivity contribution in [3.63, 3.8) is 0 Å². The zero-order valence-corrected chi connectivity index (χ0v) is 14.7. The normalized spacial score (nSPS) is 23.4. The highest BCUT2D eigenvalue weighted by Gasteiger charge is 2.27. The fourth-order valence-corrected chi connectivity index (χ4v) is 3.45. The topological polar surface area (TPSA) is 87.5 Å². The van der Waals surface area contributed by atoms with Gasteiger partial charge in [0.25, 0.3) is 5.91 Å². The van der Waals surface area contributed by atoms with Crippen LogP contribution in [0.2, 0.25) is 0 Å². The van der Waals surface area contributed by atoms with Gasteiger partial charge in [0.15, 0.2) is 0 Å². The highest BCUT2D eigenvalue weighted by atomic mass is 35.5. The first kappa shape index (κ1) is 18.5. The van der Waals surface area contributed by atoms with Gasteiger partial charge in [-0.15, -0.1) is 12.4 Å². The van der Waals surface area contributed by atoms with Gasteiger partial charge in [-0.05, 0) is 37.5 Å². The molecule has 6 nitrogen and oxygen atoms in total. The number of halogens is 1. The summed E-state index contributed by atoms with van der Waals surface area (Å²) in [6, 6.07) is 5.46. The van der Waals surface area contributed by atoms with Crippen LogP contribution in [0, 0.1) is 6.92 Å². The van der Waals surface area contributed by atoms with Gasteiger partial charge in [-0.1, -0.05) is 18.9 Å². The monoisotopic (exact) mass is 352 g/mol. The van der Waals surface area contributed by atoms with Crippen LogP contribution in [0.15, 0.2) is 18.2 Å². The SMILES string of the molecule is Cc1c(C(=O)N[C@@H]2CCCC[C@H]2N)cccc1N1CCNC1=O.Cl. The maximum atomic E-state index is 12.6. The molecule has 7 heteroatoms. The summed E-state index contributed by atoms with van der Waals surface area (Å²) in [5.41, 5.74) is 8.34. The van der Waals surface area contributed by atoms with Crippen molar-refractivity contribution in [2.45, 2.75) is 44.7 Å². The molecule has 0 spiro atoms. The van der Waals surface area contributed by atoms with Gasteiger partial charge in [-0.2, -0.15) is 0 Å². The van der Waals surface area contributed by atoms with Crippen LogP contribution in [-0.4, -0.2) is 37.1 Å². The molecule has 0 radical (unpaired) electrons. The Bertz CT molecular complexity index is 623. The number of carbonyl (C=O) groups is 2. The number of nitrogens with one attached hydrogen (secondary N) is 2. The standard InChI is InChI=1S/C17H24N4O2.ClH/c1-11-12(16(22)20-14-7-3-2-6-13(14)18)5-4-8-15(11)21-10-9-19-17(21)23;/h4-5,8,13-14H,2-3,6-7,9-10,18H2,1H3,(H,19,23)(H,20,22);1H/t13-,14-;/m1./s1. The van der Waals surface area contributed by atoms with E-state index in [1.807, 2.05) is 19.1 Å². The summed E-state index contributed by atoms with van der Waals surface area (Å²) >= 11 is 0. The Morgan fingerprint density at radius 2 is 2.08 bits per heavy atom. The Labute approximate surface area is 148 Å². The van der Waals surface area contributed by atoms with Gasteiger partial charge in [-0.25, -0.2) is 4.79 Å². The molecule has 0 bridgehead atoms. The van der Waals surface area contributed by atoms with Crippen LogP contribution in [0.3, 0.4) is 0 Å². The van der Waals surface area contributed by atoms with Crippen LogP contribution in [-0.2, 0) is 0 Å². The third-order valence-corrected chi connectivity index (χ3v) is 4.83. The average Bonchev–Trinajstić information content (AvgIpc) is 2.95. The van der Waals surface area contributed by atoms with E-state index >= 15 is 0 Å². The molecule has 1 aliphatic heterocycles. The summed E-state index contributed by atoms with van der Waals surface area (Å²) in [4.78, 5) is 26.2. The summed E-state index contributed by atoms with van der Waals surface area (Å²) in [6.07, 6.45) is 4.12. The van der Waals surface area contributed by atoms with E-state index in [-0.39, 0.29) is 36.4 Å². The fraction of sp³-hybridized carbons (Fsp3) is 0.529. The van der Waals surface area contributed by atoms with Crippen molar-refractivity contribution in [1.82, 2.24) is 10.6 Å². The number of benzene rings is 1. The number of carbonyl (C=O) groups excluding carboxylic acids is 2. The van der Waals surface area contributed by atoms with E-state index in [9.17, 15) is 9.59 Å². The summed E-state index contributed by atoms with van der Waals surface area (Å²) in [7, 11) is 0. The van der Waals surface area contributed by atoms with Crippen LogP contribution in [0.25, 0.3) is 0 Å². The van der Waals surface area contributed by atoms with E-state index in [1.165, 1.54) is 0 Å². The second kappa shape index (κ2) is 7.85. The lowest BCUT2D eigenvalue weighted by atomic mass is 9.90. The van der Waals surface area contributed by atoms with Gasteiger partial charge in [0, 0.05) is 36.4 Å². The summed E-state index contributed by atoms with van der Waals surface area (Å²) in [5.74, 6) is -0.105. The molecule has 132 valence electrons. The largest absolute Gasteiger partial charge is 0.348 e. The second-order valence-corrected chi connectivity index (χ2v) is 6.36. The van der Waals surface area contributed by atoms with E-state index < -0.39 is 0 Å². The molecule has 0 unspecified atom stereocenters. The van der Waals surface area contributed by atoms with Crippen LogP contribution in [0.4, 0.5) is 10.5 Å². The molecule has 4 N–H and O–H groups in total. The zero-order valence-electron chi connectivity index (χ0n) is 13.9. The van der Waals surface area contributed by atoms with Gasteiger partial charge in [0.2, 0.25) is 0 Å². The van der Waals surface area contributed by atoms with Crippen LogP contribution in [0.1, 0.15) is 41.6 Å². The van der Waals surface area contributed by atoms with Crippen LogP contribution >= 0.6 is 12.4 Å². The third-order valence-electron chi connectivity index (χ3n) is 4.83. The first-order chi connectivity index (χ1) is 11.1. The Morgan fingerprint density at radius 1 is 1.33 bits per heavy atom. The summed E-state index contributed by atoms with van der Waals surface area (Å²) in [5, 5.41) is 5.86. The number of hydrogen-bond acceptors (Lipinski definition) is 3. The molecule has 3 amide bonds. The molecule has 1 heterocycles. The van der Waals surface area contributed by atoms with Crippen molar-refractivity contribution < 1.29 is 9.59 Å². The fourth-order valence-electron chi connectivity index (χ4n) is 3.45. The third kappa shape index (κ3) is 3.65. The Hall–Kier alpha value is -1.79. The molecule has 3 rings (SSSR count). The van der Waals surface area contributed by atoms with Gasteiger partial charge in [-0.3, -0.25) is 9.69 Å². The van der Waals surface area contributed by atoms with Crippen LogP contribution in [0.5, 0.6) is 0 Å². The quantitative estimate of drug-likeness (QED) is 0.777.